The van der Waals surface area contributed by atoms with Gasteiger partial charge in [0.2, 0.25) is 0 Å². The zero-order valence-electron chi connectivity index (χ0n) is 12.3. The van der Waals surface area contributed by atoms with Crippen molar-refractivity contribution in [3.63, 3.8) is 0 Å². The number of hydrogen-bond donors (Lipinski definition) is 1. The number of carbonyl (C=O) groups excluding carboxylic acids is 1. The lowest BCUT2D eigenvalue weighted by Crippen LogP contribution is -2.12. The van der Waals surface area contributed by atoms with Crippen molar-refractivity contribution in [2.45, 2.75) is 6.92 Å². The fraction of sp³-hybridized carbons (Fsp3) is 0.0556. The minimum Gasteiger partial charge on any atom is -0.321 e. The first-order chi connectivity index (χ1) is 11.1. The maximum absolute atomic E-state index is 12.7. The van der Waals surface area contributed by atoms with Crippen molar-refractivity contribution in [2.75, 3.05) is 5.32 Å². The molecule has 0 radical (unpaired) electrons. The van der Waals surface area contributed by atoms with E-state index in [1.54, 1.807) is 23.5 Å². The van der Waals surface area contributed by atoms with E-state index in [2.05, 4.69) is 21.2 Å². The van der Waals surface area contributed by atoms with Crippen LogP contribution in [0, 0.1) is 6.92 Å². The molecule has 3 aromatic rings. The van der Waals surface area contributed by atoms with Gasteiger partial charge in [-0.05, 0) is 30.7 Å². The minimum atomic E-state index is -0.155. The summed E-state index contributed by atoms with van der Waals surface area (Å²) in [5.74, 6) is -0.155. The Balaban J connectivity index is 1.95. The number of benzene rings is 2. The average molecular weight is 407 g/mol. The standard InChI is InChI=1S/C18H13BrClNOS/c1-11-17(12-5-3-2-4-6-12)14(10-23-11)18(22)21-16-8-7-13(19)9-15(16)20/h2-10H,1H3,(H,21,22). The molecular weight excluding hydrogens is 394 g/mol. The van der Waals surface area contributed by atoms with Gasteiger partial charge in [-0.25, -0.2) is 0 Å². The first-order valence-electron chi connectivity index (χ1n) is 6.96. The van der Waals surface area contributed by atoms with Gasteiger partial charge in [0.1, 0.15) is 0 Å². The summed E-state index contributed by atoms with van der Waals surface area (Å²) in [7, 11) is 0. The second-order valence-corrected chi connectivity index (χ2v) is 7.43. The third-order valence-electron chi connectivity index (χ3n) is 3.46. The molecule has 1 heterocycles. The summed E-state index contributed by atoms with van der Waals surface area (Å²) in [6.07, 6.45) is 0. The number of rotatable bonds is 3. The Morgan fingerprint density at radius 2 is 1.91 bits per heavy atom. The Hall–Kier alpha value is -1.62. The van der Waals surface area contributed by atoms with E-state index in [1.807, 2.05) is 48.7 Å². The predicted octanol–water partition coefficient (Wildman–Crippen LogP) is 6.39. The SMILES string of the molecule is Cc1scc(C(=O)Nc2ccc(Br)cc2Cl)c1-c1ccccc1. The van der Waals surface area contributed by atoms with Crippen molar-refractivity contribution in [3.05, 3.63) is 73.8 Å². The molecule has 2 nitrogen and oxygen atoms in total. The van der Waals surface area contributed by atoms with Crippen LogP contribution in [0.15, 0.2) is 58.4 Å². The number of hydrogen-bond acceptors (Lipinski definition) is 2. The summed E-state index contributed by atoms with van der Waals surface area (Å²) in [5, 5.41) is 5.28. The Morgan fingerprint density at radius 3 is 2.61 bits per heavy atom. The predicted molar refractivity (Wildman–Crippen MR) is 102 cm³/mol. The van der Waals surface area contributed by atoms with E-state index in [0.29, 0.717) is 16.3 Å². The third-order valence-corrected chi connectivity index (χ3v) is 5.18. The van der Waals surface area contributed by atoms with E-state index < -0.39 is 0 Å². The van der Waals surface area contributed by atoms with Crippen LogP contribution in [0.2, 0.25) is 5.02 Å². The van der Waals surface area contributed by atoms with Crippen LogP contribution in [0.5, 0.6) is 0 Å². The fourth-order valence-electron chi connectivity index (χ4n) is 2.37. The molecular formula is C18H13BrClNOS. The summed E-state index contributed by atoms with van der Waals surface area (Å²) < 4.78 is 0.872. The van der Waals surface area contributed by atoms with Gasteiger partial charge in [-0.3, -0.25) is 4.79 Å². The summed E-state index contributed by atoms with van der Waals surface area (Å²) in [6.45, 7) is 2.02. The first kappa shape index (κ1) is 16.2. The van der Waals surface area contributed by atoms with Crippen LogP contribution in [0.1, 0.15) is 15.2 Å². The summed E-state index contributed by atoms with van der Waals surface area (Å²) in [5.41, 5.74) is 3.28. The maximum atomic E-state index is 12.7. The van der Waals surface area contributed by atoms with Gasteiger partial charge in [-0.15, -0.1) is 11.3 Å². The second kappa shape index (κ2) is 6.87. The lowest BCUT2D eigenvalue weighted by molar-refractivity contribution is 0.102. The average Bonchev–Trinajstić information content (AvgIpc) is 2.92. The maximum Gasteiger partial charge on any atom is 0.257 e. The highest BCUT2D eigenvalue weighted by Crippen LogP contribution is 2.33. The van der Waals surface area contributed by atoms with E-state index in [4.69, 9.17) is 11.6 Å². The van der Waals surface area contributed by atoms with Crippen LogP contribution < -0.4 is 5.32 Å². The van der Waals surface area contributed by atoms with E-state index in [-0.39, 0.29) is 5.91 Å². The molecule has 2 aromatic carbocycles. The number of halogens is 2. The summed E-state index contributed by atoms with van der Waals surface area (Å²) in [4.78, 5) is 13.8. The Bertz CT molecular complexity index is 861. The highest BCUT2D eigenvalue weighted by atomic mass is 79.9. The van der Waals surface area contributed by atoms with Crippen LogP contribution in [-0.2, 0) is 0 Å². The van der Waals surface area contributed by atoms with Crippen LogP contribution in [-0.4, -0.2) is 5.91 Å². The third kappa shape index (κ3) is 3.50. The summed E-state index contributed by atoms with van der Waals surface area (Å²) >= 11 is 11.1. The van der Waals surface area contributed by atoms with Gasteiger partial charge in [-0.2, -0.15) is 0 Å². The molecule has 1 aromatic heterocycles. The minimum absolute atomic E-state index is 0.155. The number of aryl methyl sites for hydroxylation is 1. The van der Waals surface area contributed by atoms with Gasteiger partial charge >= 0.3 is 0 Å². The molecule has 0 unspecified atom stereocenters. The number of nitrogens with one attached hydrogen (secondary N) is 1. The highest BCUT2D eigenvalue weighted by Gasteiger charge is 2.18. The van der Waals surface area contributed by atoms with Gasteiger partial charge in [0, 0.05) is 20.3 Å². The molecule has 0 fully saturated rings. The van der Waals surface area contributed by atoms with Gasteiger partial charge in [0.25, 0.3) is 5.91 Å². The largest absolute Gasteiger partial charge is 0.321 e. The molecule has 1 N–H and O–H groups in total. The number of carbonyl (C=O) groups is 1. The topological polar surface area (TPSA) is 29.1 Å². The van der Waals surface area contributed by atoms with Crippen LogP contribution in [0.4, 0.5) is 5.69 Å². The Morgan fingerprint density at radius 1 is 1.17 bits per heavy atom. The molecule has 1 amide bonds. The number of anilines is 1. The monoisotopic (exact) mass is 405 g/mol. The lowest BCUT2D eigenvalue weighted by atomic mass is 10.0. The molecule has 0 bridgehead atoms. The molecule has 3 rings (SSSR count). The molecule has 0 aliphatic heterocycles. The van der Waals surface area contributed by atoms with Crippen LogP contribution in [0.3, 0.4) is 0 Å². The number of amides is 1. The van der Waals surface area contributed by atoms with Crippen LogP contribution in [0.25, 0.3) is 11.1 Å². The smallest absolute Gasteiger partial charge is 0.257 e. The van der Waals surface area contributed by atoms with Gasteiger partial charge in [0.05, 0.1) is 16.3 Å². The molecule has 0 spiro atoms. The molecule has 5 heteroatoms. The zero-order valence-corrected chi connectivity index (χ0v) is 15.4. The van der Waals surface area contributed by atoms with E-state index >= 15 is 0 Å². The van der Waals surface area contributed by atoms with E-state index in [1.165, 1.54) is 0 Å². The van der Waals surface area contributed by atoms with Gasteiger partial charge in [-0.1, -0.05) is 57.9 Å². The Labute approximate surface area is 152 Å². The van der Waals surface area contributed by atoms with Crippen molar-refractivity contribution in [1.82, 2.24) is 0 Å². The molecule has 116 valence electrons. The first-order valence-corrected chi connectivity index (χ1v) is 9.01. The van der Waals surface area contributed by atoms with Crippen molar-refractivity contribution in [2.24, 2.45) is 0 Å². The molecule has 0 aliphatic carbocycles. The van der Waals surface area contributed by atoms with Crippen molar-refractivity contribution in [1.29, 1.82) is 0 Å². The van der Waals surface area contributed by atoms with Crippen molar-refractivity contribution >= 4 is 50.5 Å². The van der Waals surface area contributed by atoms with Gasteiger partial charge < -0.3 is 5.32 Å². The second-order valence-electron chi connectivity index (χ2n) is 5.02. The highest BCUT2D eigenvalue weighted by molar-refractivity contribution is 9.10. The lowest BCUT2D eigenvalue weighted by Gasteiger charge is -2.09. The van der Waals surface area contributed by atoms with Crippen molar-refractivity contribution < 1.29 is 4.79 Å². The number of thiophene rings is 1. The molecule has 0 saturated carbocycles. The molecule has 23 heavy (non-hydrogen) atoms. The van der Waals surface area contributed by atoms with Crippen LogP contribution >= 0.6 is 38.9 Å². The molecule has 0 atom stereocenters. The quantitative estimate of drug-likeness (QED) is 0.536. The van der Waals surface area contributed by atoms with E-state index in [9.17, 15) is 4.79 Å². The van der Waals surface area contributed by atoms with Crippen molar-refractivity contribution in [3.8, 4) is 11.1 Å². The molecule has 0 saturated heterocycles. The molecule has 0 aliphatic rings. The Kier molecular flexibility index (Phi) is 4.85. The van der Waals surface area contributed by atoms with E-state index in [0.717, 1.165) is 20.5 Å². The zero-order chi connectivity index (χ0) is 16.4. The normalized spacial score (nSPS) is 10.6. The summed E-state index contributed by atoms with van der Waals surface area (Å²) in [6, 6.07) is 15.3. The van der Waals surface area contributed by atoms with Gasteiger partial charge in [0.15, 0.2) is 0 Å². The fourth-order valence-corrected chi connectivity index (χ4v) is 3.95.